The Morgan fingerprint density at radius 1 is 1.67 bits per heavy atom. The zero-order valence-electron chi connectivity index (χ0n) is 8.43. The molecule has 5 heteroatoms. The van der Waals surface area contributed by atoms with E-state index >= 15 is 0 Å². The molecule has 5 nitrogen and oxygen atoms in total. The van der Waals surface area contributed by atoms with Crippen LogP contribution in [-0.2, 0) is 6.42 Å². The van der Waals surface area contributed by atoms with Crippen LogP contribution in [-0.4, -0.2) is 20.6 Å². The fourth-order valence-electron chi connectivity index (χ4n) is 1.98. The van der Waals surface area contributed by atoms with Gasteiger partial charge < -0.3 is 5.11 Å². The number of carboxylic acid groups (broad SMARTS) is 1. The van der Waals surface area contributed by atoms with Gasteiger partial charge in [0.05, 0.1) is 0 Å². The van der Waals surface area contributed by atoms with Crippen LogP contribution < -0.4 is 5.56 Å². The number of fused-ring (bicyclic) bond motifs is 1. The Morgan fingerprint density at radius 2 is 2.40 bits per heavy atom. The minimum absolute atomic E-state index is 0.122. The van der Waals surface area contributed by atoms with E-state index in [9.17, 15) is 9.59 Å². The molecule has 15 heavy (non-hydrogen) atoms. The Kier molecular flexibility index (Phi) is 2.30. The van der Waals surface area contributed by atoms with Crippen LogP contribution in [0.5, 0.6) is 0 Å². The minimum atomic E-state index is -1.14. The van der Waals surface area contributed by atoms with Crippen molar-refractivity contribution in [2.45, 2.75) is 32.2 Å². The summed E-state index contributed by atoms with van der Waals surface area (Å²) in [5.74, 6) is -0.549. The van der Waals surface area contributed by atoms with Gasteiger partial charge in [-0.3, -0.25) is 9.36 Å². The second kappa shape index (κ2) is 3.49. The summed E-state index contributed by atoms with van der Waals surface area (Å²) in [7, 11) is 0. The number of carboxylic acids is 1. The second-order valence-corrected chi connectivity index (χ2v) is 3.81. The number of nitrogens with zero attached hydrogens (tertiary/aromatic N) is 2. The van der Waals surface area contributed by atoms with Crippen LogP contribution in [0, 0.1) is 0 Å². The molecule has 1 unspecified atom stereocenters. The van der Waals surface area contributed by atoms with Crippen molar-refractivity contribution in [3.05, 3.63) is 27.9 Å². The van der Waals surface area contributed by atoms with Gasteiger partial charge in [-0.05, 0) is 19.8 Å². The molecular weight excluding hydrogens is 196 g/mol. The van der Waals surface area contributed by atoms with E-state index in [1.54, 1.807) is 4.57 Å². The fraction of sp³-hybridized carbons (Fsp3) is 0.500. The van der Waals surface area contributed by atoms with E-state index < -0.39 is 5.97 Å². The number of hydrogen-bond donors (Lipinski definition) is 1. The van der Waals surface area contributed by atoms with Gasteiger partial charge >= 0.3 is 5.97 Å². The van der Waals surface area contributed by atoms with E-state index in [-0.39, 0.29) is 17.3 Å². The molecule has 80 valence electrons. The lowest BCUT2D eigenvalue weighted by atomic mass is 10.1. The Hall–Kier alpha value is -1.65. The molecule has 0 spiro atoms. The van der Waals surface area contributed by atoms with Gasteiger partial charge in [0.15, 0.2) is 5.69 Å². The minimum Gasteiger partial charge on any atom is -0.477 e. The van der Waals surface area contributed by atoms with Gasteiger partial charge in [0, 0.05) is 18.5 Å². The third kappa shape index (κ3) is 1.65. The highest BCUT2D eigenvalue weighted by Crippen LogP contribution is 2.20. The third-order valence-electron chi connectivity index (χ3n) is 2.71. The summed E-state index contributed by atoms with van der Waals surface area (Å²) < 4.78 is 1.59. The molecule has 1 aromatic rings. The molecule has 0 bridgehead atoms. The molecule has 0 radical (unpaired) electrons. The van der Waals surface area contributed by atoms with Gasteiger partial charge in [0.1, 0.15) is 5.82 Å². The summed E-state index contributed by atoms with van der Waals surface area (Å²) in [6.07, 6.45) is 2.58. The summed E-state index contributed by atoms with van der Waals surface area (Å²) in [5, 5.41) is 8.77. The van der Waals surface area contributed by atoms with Crippen molar-refractivity contribution < 1.29 is 9.90 Å². The van der Waals surface area contributed by atoms with E-state index in [1.807, 2.05) is 6.92 Å². The van der Waals surface area contributed by atoms with Crippen molar-refractivity contribution >= 4 is 5.97 Å². The monoisotopic (exact) mass is 208 g/mol. The average Bonchev–Trinajstić information content (AvgIpc) is 2.17. The smallest absolute Gasteiger partial charge is 0.354 e. The number of hydrogen-bond acceptors (Lipinski definition) is 3. The van der Waals surface area contributed by atoms with Gasteiger partial charge in [-0.1, -0.05) is 0 Å². The molecule has 0 amide bonds. The summed E-state index contributed by atoms with van der Waals surface area (Å²) in [6.45, 7) is 1.95. The van der Waals surface area contributed by atoms with Gasteiger partial charge in [-0.15, -0.1) is 0 Å². The molecule has 1 atom stereocenters. The van der Waals surface area contributed by atoms with E-state index in [0.717, 1.165) is 18.9 Å². The quantitative estimate of drug-likeness (QED) is 0.742. The Bertz CT molecular complexity index is 464. The number of aromatic nitrogens is 2. The highest BCUT2D eigenvalue weighted by atomic mass is 16.4. The maximum Gasteiger partial charge on any atom is 0.354 e. The predicted molar refractivity (Wildman–Crippen MR) is 53.1 cm³/mol. The van der Waals surface area contributed by atoms with Crippen molar-refractivity contribution in [1.29, 1.82) is 0 Å². The van der Waals surface area contributed by atoms with E-state index in [4.69, 9.17) is 5.11 Å². The van der Waals surface area contributed by atoms with Gasteiger partial charge in [-0.2, -0.15) is 0 Å². The maximum atomic E-state index is 11.7. The summed E-state index contributed by atoms with van der Waals surface area (Å²) >= 11 is 0. The van der Waals surface area contributed by atoms with Crippen molar-refractivity contribution in [2.24, 2.45) is 0 Å². The van der Waals surface area contributed by atoms with Crippen molar-refractivity contribution in [3.8, 4) is 0 Å². The van der Waals surface area contributed by atoms with Crippen LogP contribution in [0.4, 0.5) is 0 Å². The molecule has 0 aliphatic carbocycles. The molecule has 2 rings (SSSR count). The normalized spacial score (nSPS) is 19.7. The molecule has 1 aliphatic heterocycles. The highest BCUT2D eigenvalue weighted by Gasteiger charge is 2.20. The molecule has 0 fully saturated rings. The lowest BCUT2D eigenvalue weighted by molar-refractivity contribution is 0.0689. The van der Waals surface area contributed by atoms with Gasteiger partial charge in [-0.25, -0.2) is 9.78 Å². The first kappa shape index (κ1) is 9.89. The molecular formula is C10H12N2O3. The fourth-order valence-corrected chi connectivity index (χ4v) is 1.98. The maximum absolute atomic E-state index is 11.7. The largest absolute Gasteiger partial charge is 0.477 e. The van der Waals surface area contributed by atoms with Crippen LogP contribution in [0.15, 0.2) is 10.9 Å². The number of aromatic carboxylic acids is 1. The SMILES string of the molecule is CC1CCCc2nc(C(=O)O)cc(=O)n21. The zero-order valence-corrected chi connectivity index (χ0v) is 8.43. The molecule has 1 N–H and O–H groups in total. The Labute approximate surface area is 86.4 Å². The standard InChI is InChI=1S/C10H12N2O3/c1-6-3-2-4-8-11-7(10(14)15)5-9(13)12(6)8/h5-6H,2-4H2,1H3,(H,14,15). The van der Waals surface area contributed by atoms with Crippen molar-refractivity contribution in [1.82, 2.24) is 9.55 Å². The molecule has 0 saturated heterocycles. The van der Waals surface area contributed by atoms with E-state index in [1.165, 1.54) is 0 Å². The van der Waals surface area contributed by atoms with Crippen LogP contribution >= 0.6 is 0 Å². The van der Waals surface area contributed by atoms with Crippen LogP contribution in [0.1, 0.15) is 42.1 Å². The topological polar surface area (TPSA) is 72.2 Å². The number of rotatable bonds is 1. The zero-order chi connectivity index (χ0) is 11.0. The first-order valence-corrected chi connectivity index (χ1v) is 4.95. The first-order chi connectivity index (χ1) is 7.09. The predicted octanol–water partition coefficient (Wildman–Crippen LogP) is 0.839. The molecule has 0 saturated carbocycles. The second-order valence-electron chi connectivity index (χ2n) is 3.81. The summed E-state index contributed by atoms with van der Waals surface area (Å²) in [5.41, 5.74) is -0.412. The lowest BCUT2D eigenvalue weighted by Gasteiger charge is -2.23. The molecule has 1 aromatic heterocycles. The molecule has 0 aromatic carbocycles. The van der Waals surface area contributed by atoms with Gasteiger partial charge in [0.2, 0.25) is 0 Å². The number of aryl methyl sites for hydroxylation is 1. The van der Waals surface area contributed by atoms with Crippen LogP contribution in [0.2, 0.25) is 0 Å². The van der Waals surface area contributed by atoms with E-state index in [0.29, 0.717) is 12.2 Å². The highest BCUT2D eigenvalue weighted by molar-refractivity contribution is 5.85. The summed E-state index contributed by atoms with van der Waals surface area (Å²) in [4.78, 5) is 26.4. The summed E-state index contributed by atoms with van der Waals surface area (Å²) in [6, 6.07) is 1.21. The molecule has 2 heterocycles. The first-order valence-electron chi connectivity index (χ1n) is 4.95. The van der Waals surface area contributed by atoms with E-state index in [2.05, 4.69) is 4.98 Å². The average molecular weight is 208 g/mol. The number of carbonyl (C=O) groups is 1. The Balaban J connectivity index is 2.61. The van der Waals surface area contributed by atoms with Crippen LogP contribution in [0.25, 0.3) is 0 Å². The van der Waals surface area contributed by atoms with Gasteiger partial charge in [0.25, 0.3) is 5.56 Å². The Morgan fingerprint density at radius 3 is 3.07 bits per heavy atom. The third-order valence-corrected chi connectivity index (χ3v) is 2.71. The molecule has 1 aliphatic rings. The van der Waals surface area contributed by atoms with Crippen molar-refractivity contribution in [3.63, 3.8) is 0 Å². The van der Waals surface area contributed by atoms with Crippen LogP contribution in [0.3, 0.4) is 0 Å². The van der Waals surface area contributed by atoms with Crippen molar-refractivity contribution in [2.75, 3.05) is 0 Å². The lowest BCUT2D eigenvalue weighted by Crippen LogP contribution is -2.31.